The molecule has 0 fully saturated rings. The normalized spacial score (nSPS) is 12.6. The van der Waals surface area contributed by atoms with E-state index in [4.69, 9.17) is 9.47 Å². The Morgan fingerprint density at radius 2 is 1.78 bits per heavy atom. The van der Waals surface area contributed by atoms with Crippen molar-refractivity contribution < 1.29 is 24.8 Å². The van der Waals surface area contributed by atoms with Crippen LogP contribution in [0.1, 0.15) is 25.3 Å². The molecular weight excluding hydrogens is 352 g/mol. The zero-order valence-corrected chi connectivity index (χ0v) is 14.7. The molecule has 0 amide bonds. The van der Waals surface area contributed by atoms with Crippen LogP contribution in [-0.4, -0.2) is 37.0 Å². The molecule has 2 aromatic carbocycles. The van der Waals surface area contributed by atoms with Gasteiger partial charge in [-0.1, -0.05) is 18.9 Å². The molecule has 2 heterocycles. The average Bonchev–Trinajstić information content (AvgIpc) is 3.22. The second-order valence-corrected chi connectivity index (χ2v) is 6.42. The Hall–Kier alpha value is -3.62. The van der Waals surface area contributed by atoms with E-state index >= 15 is 0 Å². The van der Waals surface area contributed by atoms with Gasteiger partial charge in [-0.3, -0.25) is 5.43 Å². The summed E-state index contributed by atoms with van der Waals surface area (Å²) in [5.41, 5.74) is 4.52. The maximum atomic E-state index is 10.3. The van der Waals surface area contributed by atoms with Crippen LogP contribution in [-0.2, 0) is 0 Å². The van der Waals surface area contributed by atoms with Gasteiger partial charge in [0.1, 0.15) is 11.5 Å². The quantitative estimate of drug-likeness (QED) is 0.553. The molecule has 0 spiro atoms. The van der Waals surface area contributed by atoms with Gasteiger partial charge in [0.25, 0.3) is 0 Å². The molecule has 0 unspecified atom stereocenters. The first kappa shape index (κ1) is 16.8. The number of fused-ring (bicyclic) bond motifs is 1. The number of phenolic OH excluding ortho intramolecular Hbond substituents is 2. The molecular formula is C18H18N4O5. The van der Waals surface area contributed by atoms with Crippen LogP contribution in [0.15, 0.2) is 30.3 Å². The minimum absolute atomic E-state index is 0.00901. The third-order valence-corrected chi connectivity index (χ3v) is 4.27. The molecule has 27 heavy (non-hydrogen) atoms. The summed E-state index contributed by atoms with van der Waals surface area (Å²) in [4.78, 5) is 0. The predicted molar refractivity (Wildman–Crippen MR) is 96.1 cm³/mol. The maximum absolute atomic E-state index is 10.3. The number of aromatic nitrogens is 3. The van der Waals surface area contributed by atoms with Gasteiger partial charge in [-0.25, -0.2) is 0 Å². The average molecular weight is 370 g/mol. The van der Waals surface area contributed by atoms with Crippen molar-refractivity contribution >= 4 is 5.69 Å². The Balaban J connectivity index is 1.75. The van der Waals surface area contributed by atoms with Crippen LogP contribution in [0.5, 0.6) is 29.0 Å². The van der Waals surface area contributed by atoms with E-state index in [1.54, 1.807) is 24.3 Å². The highest BCUT2D eigenvalue weighted by Crippen LogP contribution is 2.38. The highest BCUT2D eigenvalue weighted by atomic mass is 16.7. The molecule has 9 nitrogen and oxygen atoms in total. The largest absolute Gasteiger partial charge is 0.508 e. The van der Waals surface area contributed by atoms with Gasteiger partial charge < -0.3 is 24.8 Å². The van der Waals surface area contributed by atoms with Crippen molar-refractivity contribution in [3.63, 3.8) is 0 Å². The fourth-order valence-electron chi connectivity index (χ4n) is 2.88. The molecule has 0 saturated carbocycles. The van der Waals surface area contributed by atoms with Crippen molar-refractivity contribution in [3.8, 4) is 40.4 Å². The van der Waals surface area contributed by atoms with Crippen LogP contribution in [0, 0.1) is 0 Å². The summed E-state index contributed by atoms with van der Waals surface area (Å²) in [6.45, 7) is 3.99. The lowest BCUT2D eigenvalue weighted by Crippen LogP contribution is -2.10. The fraction of sp³-hybridized carbons (Fsp3) is 0.222. The summed E-state index contributed by atoms with van der Waals surface area (Å²) >= 11 is 0. The molecule has 0 bridgehead atoms. The number of hydrogen-bond donors (Lipinski definition) is 4. The van der Waals surface area contributed by atoms with Gasteiger partial charge in [0.05, 0.1) is 11.3 Å². The van der Waals surface area contributed by atoms with Gasteiger partial charge in [0.2, 0.25) is 6.79 Å². The number of ether oxygens (including phenoxy) is 2. The van der Waals surface area contributed by atoms with E-state index in [0.29, 0.717) is 28.3 Å². The van der Waals surface area contributed by atoms with Crippen LogP contribution in [0.3, 0.4) is 0 Å². The molecule has 1 aromatic heterocycles. The van der Waals surface area contributed by atoms with Gasteiger partial charge in [-0.2, -0.15) is 4.68 Å². The van der Waals surface area contributed by atoms with Crippen LogP contribution in [0.2, 0.25) is 0 Å². The molecule has 0 aliphatic carbocycles. The molecule has 4 rings (SSSR count). The first-order chi connectivity index (χ1) is 12.9. The van der Waals surface area contributed by atoms with E-state index in [1.165, 1.54) is 10.7 Å². The Morgan fingerprint density at radius 3 is 2.56 bits per heavy atom. The zero-order valence-electron chi connectivity index (χ0n) is 14.7. The lowest BCUT2D eigenvalue weighted by molar-refractivity contribution is 0.174. The highest BCUT2D eigenvalue weighted by molar-refractivity contribution is 5.69. The summed E-state index contributed by atoms with van der Waals surface area (Å²) in [6.07, 6.45) is 0. The fourth-order valence-corrected chi connectivity index (χ4v) is 2.88. The minimum atomic E-state index is -0.388. The van der Waals surface area contributed by atoms with Crippen molar-refractivity contribution in [2.24, 2.45) is 0 Å². The summed E-state index contributed by atoms with van der Waals surface area (Å²) in [5, 5.41) is 38.1. The van der Waals surface area contributed by atoms with E-state index in [2.05, 4.69) is 15.6 Å². The number of rotatable bonds is 4. The number of benzene rings is 2. The van der Waals surface area contributed by atoms with Gasteiger partial charge >= 0.3 is 6.01 Å². The Labute approximate surface area is 154 Å². The zero-order chi connectivity index (χ0) is 19.1. The summed E-state index contributed by atoms with van der Waals surface area (Å²) < 4.78 is 11.9. The summed E-state index contributed by atoms with van der Waals surface area (Å²) in [6, 6.07) is 7.68. The summed E-state index contributed by atoms with van der Waals surface area (Å²) in [7, 11) is 0. The molecule has 0 atom stereocenters. The molecule has 1 aliphatic heterocycles. The third kappa shape index (κ3) is 2.92. The highest BCUT2D eigenvalue weighted by Gasteiger charge is 2.21. The van der Waals surface area contributed by atoms with Crippen molar-refractivity contribution in [3.05, 3.63) is 35.9 Å². The van der Waals surface area contributed by atoms with Crippen LogP contribution in [0.25, 0.3) is 11.4 Å². The topological polar surface area (TPSA) is 122 Å². The molecule has 140 valence electrons. The number of nitrogens with one attached hydrogen (secondary N) is 1. The molecule has 0 radical (unpaired) electrons. The van der Waals surface area contributed by atoms with E-state index in [-0.39, 0.29) is 36.0 Å². The van der Waals surface area contributed by atoms with E-state index in [0.717, 1.165) is 0 Å². The SMILES string of the molecule is CC(C)c1cc(-c2nnc(O)n2Nc2ccc3c(c2)OCO3)c(O)cc1O. The second-order valence-electron chi connectivity index (χ2n) is 6.42. The Bertz CT molecular complexity index is 1020. The van der Waals surface area contributed by atoms with Gasteiger partial charge in [-0.05, 0) is 29.7 Å². The van der Waals surface area contributed by atoms with Crippen molar-refractivity contribution in [1.82, 2.24) is 14.9 Å². The number of phenols is 2. The summed E-state index contributed by atoms with van der Waals surface area (Å²) in [5.74, 6) is 1.22. The minimum Gasteiger partial charge on any atom is -0.508 e. The van der Waals surface area contributed by atoms with Crippen LogP contribution >= 0.6 is 0 Å². The number of aromatic hydroxyl groups is 3. The van der Waals surface area contributed by atoms with E-state index in [1.807, 2.05) is 13.8 Å². The third-order valence-electron chi connectivity index (χ3n) is 4.27. The lowest BCUT2D eigenvalue weighted by atomic mass is 9.98. The first-order valence-electron chi connectivity index (χ1n) is 8.31. The van der Waals surface area contributed by atoms with Crippen molar-refractivity contribution in [1.29, 1.82) is 0 Å². The standard InChI is InChI=1S/C18H18N4O5/c1-9(2)11-6-12(14(24)7-13(11)23)17-19-20-18(25)22(17)21-10-3-4-15-16(5-10)27-8-26-15/h3-7,9,21,23-24H,8H2,1-2H3,(H,20,25). The molecule has 0 saturated heterocycles. The maximum Gasteiger partial charge on any atom is 0.334 e. The van der Waals surface area contributed by atoms with Crippen LogP contribution in [0.4, 0.5) is 5.69 Å². The molecule has 4 N–H and O–H groups in total. The Morgan fingerprint density at radius 1 is 1.00 bits per heavy atom. The first-order valence-corrected chi connectivity index (χ1v) is 8.31. The van der Waals surface area contributed by atoms with Crippen molar-refractivity contribution in [2.45, 2.75) is 19.8 Å². The Kier molecular flexibility index (Phi) is 3.91. The van der Waals surface area contributed by atoms with E-state index < -0.39 is 0 Å². The van der Waals surface area contributed by atoms with Gasteiger partial charge in [0.15, 0.2) is 17.3 Å². The van der Waals surface area contributed by atoms with Gasteiger partial charge in [0, 0.05) is 12.1 Å². The number of nitrogens with zero attached hydrogens (tertiary/aromatic N) is 3. The smallest absolute Gasteiger partial charge is 0.334 e. The second kappa shape index (κ2) is 6.27. The van der Waals surface area contributed by atoms with Crippen molar-refractivity contribution in [2.75, 3.05) is 12.2 Å². The number of anilines is 1. The monoisotopic (exact) mass is 370 g/mol. The lowest BCUT2D eigenvalue weighted by Gasteiger charge is -2.14. The van der Waals surface area contributed by atoms with Crippen LogP contribution < -0.4 is 14.9 Å². The van der Waals surface area contributed by atoms with Gasteiger partial charge in [-0.15, -0.1) is 5.10 Å². The number of hydrogen-bond acceptors (Lipinski definition) is 8. The molecule has 1 aliphatic rings. The predicted octanol–water partition coefficient (Wildman–Crippen LogP) is 2.79. The molecule has 3 aromatic rings. The van der Waals surface area contributed by atoms with E-state index in [9.17, 15) is 15.3 Å². The molecule has 9 heteroatoms.